The van der Waals surface area contributed by atoms with E-state index in [4.69, 9.17) is 0 Å². The van der Waals surface area contributed by atoms with Gasteiger partial charge in [-0.05, 0) is 6.42 Å². The topological polar surface area (TPSA) is 22.0 Å². The van der Waals surface area contributed by atoms with Crippen molar-refractivity contribution in [2.24, 2.45) is 12.5 Å². The van der Waals surface area contributed by atoms with Crippen LogP contribution < -0.4 is 0 Å². The summed E-state index contributed by atoms with van der Waals surface area (Å²) in [5, 5.41) is 0. The number of carbonyl (C=O) groups is 1. The molecule has 1 rings (SSSR count). The molecule has 0 aliphatic heterocycles. The second kappa shape index (κ2) is 4.20. The number of Topliss-reactive ketones (excluding diaryl/α,β-unsaturated/α-hetero) is 1. The fourth-order valence-electron chi connectivity index (χ4n) is 1.52. The SMILES string of the molecule is CCC(C)(C)C(=O)c1cn(C)cc1C(F)(F)F. The average Bonchev–Trinajstić information content (AvgIpc) is 2.58. The Bertz CT molecular complexity index is 429. The van der Waals surface area contributed by atoms with E-state index >= 15 is 0 Å². The number of aromatic nitrogens is 1. The highest BCUT2D eigenvalue weighted by Gasteiger charge is 2.39. The van der Waals surface area contributed by atoms with Crippen LogP contribution in [0.5, 0.6) is 0 Å². The van der Waals surface area contributed by atoms with Crippen molar-refractivity contribution in [1.29, 1.82) is 0 Å². The van der Waals surface area contributed by atoms with Gasteiger partial charge in [-0.1, -0.05) is 20.8 Å². The highest BCUT2D eigenvalue weighted by molar-refractivity contribution is 6.01. The first kappa shape index (κ1) is 13.8. The Labute approximate surface area is 98.4 Å². The Kier molecular flexibility index (Phi) is 3.41. The molecule has 0 aliphatic carbocycles. The summed E-state index contributed by atoms with van der Waals surface area (Å²) in [5.74, 6) is -0.465. The van der Waals surface area contributed by atoms with Crippen molar-refractivity contribution in [2.75, 3.05) is 0 Å². The Morgan fingerprint density at radius 1 is 1.29 bits per heavy atom. The lowest BCUT2D eigenvalue weighted by molar-refractivity contribution is -0.137. The van der Waals surface area contributed by atoms with Crippen molar-refractivity contribution < 1.29 is 18.0 Å². The number of nitrogens with zero attached hydrogens (tertiary/aromatic N) is 1. The van der Waals surface area contributed by atoms with Crippen LogP contribution in [-0.2, 0) is 13.2 Å². The quantitative estimate of drug-likeness (QED) is 0.747. The normalized spacial score (nSPS) is 12.9. The van der Waals surface area contributed by atoms with Gasteiger partial charge in [0.25, 0.3) is 0 Å². The fourth-order valence-corrected chi connectivity index (χ4v) is 1.52. The molecule has 0 atom stereocenters. The van der Waals surface area contributed by atoms with Crippen molar-refractivity contribution in [1.82, 2.24) is 4.57 Å². The lowest BCUT2D eigenvalue weighted by Gasteiger charge is -2.21. The van der Waals surface area contributed by atoms with Crippen molar-refractivity contribution in [3.63, 3.8) is 0 Å². The molecule has 96 valence electrons. The van der Waals surface area contributed by atoms with Gasteiger partial charge < -0.3 is 4.57 Å². The molecule has 1 heterocycles. The van der Waals surface area contributed by atoms with Crippen molar-refractivity contribution in [2.45, 2.75) is 33.4 Å². The standard InChI is InChI=1S/C12H16F3NO/c1-5-11(2,3)10(17)8-6-16(4)7-9(8)12(13,14)15/h6-7H,5H2,1-4H3. The van der Waals surface area contributed by atoms with Gasteiger partial charge in [-0.15, -0.1) is 0 Å². The minimum absolute atomic E-state index is 0.244. The van der Waals surface area contributed by atoms with Crippen LogP contribution in [0.15, 0.2) is 12.4 Å². The van der Waals surface area contributed by atoms with E-state index in [0.717, 1.165) is 6.20 Å². The molecule has 0 aliphatic rings. The van der Waals surface area contributed by atoms with Crippen molar-refractivity contribution in [3.05, 3.63) is 23.5 Å². The van der Waals surface area contributed by atoms with Gasteiger partial charge in [0, 0.05) is 30.4 Å². The number of ketones is 1. The van der Waals surface area contributed by atoms with E-state index in [9.17, 15) is 18.0 Å². The second-order valence-corrected chi connectivity index (χ2v) is 4.82. The predicted molar refractivity (Wildman–Crippen MR) is 58.8 cm³/mol. The van der Waals surface area contributed by atoms with Gasteiger partial charge >= 0.3 is 6.18 Å². The molecule has 0 bridgehead atoms. The number of hydrogen-bond acceptors (Lipinski definition) is 1. The van der Waals surface area contributed by atoms with Gasteiger partial charge in [-0.3, -0.25) is 4.79 Å². The highest BCUT2D eigenvalue weighted by atomic mass is 19.4. The number of halogens is 3. The smallest absolute Gasteiger partial charge is 0.356 e. The van der Waals surface area contributed by atoms with Gasteiger partial charge in [0.2, 0.25) is 0 Å². The zero-order valence-electron chi connectivity index (χ0n) is 10.4. The third kappa shape index (κ3) is 2.70. The van der Waals surface area contributed by atoms with Gasteiger partial charge in [-0.2, -0.15) is 13.2 Å². The fraction of sp³-hybridized carbons (Fsp3) is 0.583. The monoisotopic (exact) mass is 247 g/mol. The van der Waals surface area contributed by atoms with E-state index in [1.165, 1.54) is 17.8 Å². The molecule has 1 aromatic heterocycles. The molecule has 0 saturated carbocycles. The third-order valence-corrected chi connectivity index (χ3v) is 3.00. The summed E-state index contributed by atoms with van der Waals surface area (Å²) < 4.78 is 39.5. The first-order valence-electron chi connectivity index (χ1n) is 5.37. The van der Waals surface area contributed by atoms with Crippen molar-refractivity contribution >= 4 is 5.78 Å². The average molecular weight is 247 g/mol. The molecule has 0 aromatic carbocycles. The number of rotatable bonds is 3. The molecule has 0 saturated heterocycles. The van der Waals surface area contributed by atoms with Gasteiger partial charge in [0.1, 0.15) is 0 Å². The largest absolute Gasteiger partial charge is 0.418 e. The second-order valence-electron chi connectivity index (χ2n) is 4.82. The maximum absolute atomic E-state index is 12.7. The molecule has 5 heteroatoms. The first-order chi connectivity index (χ1) is 7.59. The van der Waals surface area contributed by atoms with Crippen LogP contribution in [0.3, 0.4) is 0 Å². The molecular formula is C12H16F3NO. The summed E-state index contributed by atoms with van der Waals surface area (Å²) in [7, 11) is 1.48. The maximum Gasteiger partial charge on any atom is 0.418 e. The molecular weight excluding hydrogens is 231 g/mol. The zero-order valence-corrected chi connectivity index (χ0v) is 10.4. The molecule has 0 N–H and O–H groups in total. The number of hydrogen-bond donors (Lipinski definition) is 0. The maximum atomic E-state index is 12.7. The molecule has 0 spiro atoms. The van der Waals surface area contributed by atoms with Crippen LogP contribution in [0, 0.1) is 5.41 Å². The van der Waals surface area contributed by atoms with E-state index < -0.39 is 22.9 Å². The summed E-state index contributed by atoms with van der Waals surface area (Å²) in [6, 6.07) is 0. The highest BCUT2D eigenvalue weighted by Crippen LogP contribution is 2.36. The molecule has 0 radical (unpaired) electrons. The molecule has 2 nitrogen and oxygen atoms in total. The summed E-state index contributed by atoms with van der Waals surface area (Å²) in [4.78, 5) is 12.1. The Hall–Kier alpha value is -1.26. The lowest BCUT2D eigenvalue weighted by Crippen LogP contribution is -2.25. The van der Waals surface area contributed by atoms with Gasteiger partial charge in [-0.25, -0.2) is 0 Å². The molecule has 0 fully saturated rings. The van der Waals surface area contributed by atoms with Gasteiger partial charge in [0.15, 0.2) is 5.78 Å². The van der Waals surface area contributed by atoms with E-state index in [2.05, 4.69) is 0 Å². The van der Waals surface area contributed by atoms with Crippen LogP contribution in [0.25, 0.3) is 0 Å². The predicted octanol–water partition coefficient (Wildman–Crippen LogP) is 3.66. The van der Waals surface area contributed by atoms with Crippen LogP contribution in [-0.4, -0.2) is 10.4 Å². The first-order valence-corrected chi connectivity index (χ1v) is 5.37. The van der Waals surface area contributed by atoms with Crippen molar-refractivity contribution in [3.8, 4) is 0 Å². The Balaban J connectivity index is 3.28. The Morgan fingerprint density at radius 3 is 2.24 bits per heavy atom. The summed E-state index contributed by atoms with van der Waals surface area (Å²) >= 11 is 0. The third-order valence-electron chi connectivity index (χ3n) is 3.00. The minimum atomic E-state index is -4.49. The van der Waals surface area contributed by atoms with Crippen LogP contribution in [0.2, 0.25) is 0 Å². The lowest BCUT2D eigenvalue weighted by atomic mass is 9.81. The zero-order chi connectivity index (χ0) is 13.4. The number of carbonyl (C=O) groups excluding carboxylic acids is 1. The van der Waals surface area contributed by atoms with Crippen LogP contribution >= 0.6 is 0 Å². The van der Waals surface area contributed by atoms with E-state index in [-0.39, 0.29) is 5.56 Å². The molecule has 0 unspecified atom stereocenters. The number of alkyl halides is 3. The summed E-state index contributed by atoms with van der Waals surface area (Å²) in [5.41, 5.74) is -1.88. The van der Waals surface area contributed by atoms with Crippen LogP contribution in [0.4, 0.5) is 13.2 Å². The molecule has 1 aromatic rings. The minimum Gasteiger partial charge on any atom is -0.356 e. The Morgan fingerprint density at radius 2 is 1.82 bits per heavy atom. The van der Waals surface area contributed by atoms with E-state index in [1.54, 1.807) is 20.8 Å². The summed E-state index contributed by atoms with van der Waals surface area (Å²) in [6.45, 7) is 5.10. The van der Waals surface area contributed by atoms with E-state index in [0.29, 0.717) is 6.42 Å². The molecule has 0 amide bonds. The van der Waals surface area contributed by atoms with E-state index in [1.807, 2.05) is 0 Å². The van der Waals surface area contributed by atoms with Gasteiger partial charge in [0.05, 0.1) is 5.56 Å². The molecule has 17 heavy (non-hydrogen) atoms. The number of aryl methyl sites for hydroxylation is 1. The van der Waals surface area contributed by atoms with Crippen LogP contribution in [0.1, 0.15) is 43.1 Å². The summed E-state index contributed by atoms with van der Waals surface area (Å²) in [6.07, 6.45) is -1.81.